The average molecular weight is 228 g/mol. The summed E-state index contributed by atoms with van der Waals surface area (Å²) in [5.41, 5.74) is 0. The van der Waals surface area contributed by atoms with E-state index in [0.717, 1.165) is 43.9 Å². The number of nitrogens with one attached hydrogen (secondary N) is 2. The molecule has 3 nitrogen and oxygen atoms in total. The molecular formula is C11H20N2OS. The van der Waals surface area contributed by atoms with Crippen LogP contribution in [0.4, 0.5) is 0 Å². The second kappa shape index (κ2) is 7.77. The van der Waals surface area contributed by atoms with Gasteiger partial charge in [-0.15, -0.1) is 6.58 Å². The number of rotatable bonds is 6. The van der Waals surface area contributed by atoms with Crippen LogP contribution in [0.25, 0.3) is 0 Å². The maximum absolute atomic E-state index is 11.5. The highest BCUT2D eigenvalue weighted by atomic mass is 32.2. The molecule has 1 atom stereocenters. The second-order valence-corrected chi connectivity index (χ2v) is 4.81. The van der Waals surface area contributed by atoms with Crippen molar-refractivity contribution in [3.8, 4) is 0 Å². The standard InChI is InChI=1S/C11H20N2OS/c1-2-8-15-9-7-12-10-5-3-4-6-13-11(10)14/h2,10,12H,1,3-9H2,(H,13,14). The molecule has 0 aromatic carbocycles. The molecule has 1 saturated heterocycles. The Morgan fingerprint density at radius 3 is 3.27 bits per heavy atom. The van der Waals surface area contributed by atoms with Gasteiger partial charge in [-0.1, -0.05) is 6.08 Å². The van der Waals surface area contributed by atoms with Crippen molar-refractivity contribution in [3.63, 3.8) is 0 Å². The summed E-state index contributed by atoms with van der Waals surface area (Å²) in [4.78, 5) is 11.5. The van der Waals surface area contributed by atoms with E-state index < -0.39 is 0 Å². The van der Waals surface area contributed by atoms with Crippen molar-refractivity contribution in [2.45, 2.75) is 25.3 Å². The van der Waals surface area contributed by atoms with Crippen LogP contribution >= 0.6 is 11.8 Å². The van der Waals surface area contributed by atoms with E-state index >= 15 is 0 Å². The summed E-state index contributed by atoms with van der Waals surface area (Å²) in [6.45, 7) is 5.40. The van der Waals surface area contributed by atoms with Crippen LogP contribution in [0, 0.1) is 0 Å². The van der Waals surface area contributed by atoms with Crippen LogP contribution in [-0.4, -0.2) is 36.5 Å². The zero-order chi connectivity index (χ0) is 10.9. The van der Waals surface area contributed by atoms with Gasteiger partial charge in [-0.3, -0.25) is 4.79 Å². The number of carbonyl (C=O) groups excluding carboxylic acids is 1. The molecule has 1 amide bonds. The van der Waals surface area contributed by atoms with Crippen molar-refractivity contribution in [2.75, 3.05) is 24.6 Å². The first-order chi connectivity index (χ1) is 7.34. The summed E-state index contributed by atoms with van der Waals surface area (Å²) in [6, 6.07) is 0.0248. The van der Waals surface area contributed by atoms with E-state index in [4.69, 9.17) is 0 Å². The summed E-state index contributed by atoms with van der Waals surface area (Å²) < 4.78 is 0. The predicted molar refractivity (Wildman–Crippen MR) is 66.2 cm³/mol. The Labute approximate surface area is 96.1 Å². The van der Waals surface area contributed by atoms with Gasteiger partial charge in [0.15, 0.2) is 0 Å². The quantitative estimate of drug-likeness (QED) is 0.529. The molecule has 1 aliphatic rings. The summed E-state index contributed by atoms with van der Waals surface area (Å²) >= 11 is 1.84. The lowest BCUT2D eigenvalue weighted by molar-refractivity contribution is -0.122. The van der Waals surface area contributed by atoms with E-state index in [1.54, 1.807) is 0 Å². The van der Waals surface area contributed by atoms with E-state index in [1.165, 1.54) is 0 Å². The summed E-state index contributed by atoms with van der Waals surface area (Å²) in [5, 5.41) is 6.23. The third-order valence-corrected chi connectivity index (χ3v) is 3.37. The van der Waals surface area contributed by atoms with E-state index in [2.05, 4.69) is 17.2 Å². The van der Waals surface area contributed by atoms with Crippen molar-refractivity contribution in [3.05, 3.63) is 12.7 Å². The van der Waals surface area contributed by atoms with Crippen molar-refractivity contribution < 1.29 is 4.79 Å². The summed E-state index contributed by atoms with van der Waals surface area (Å²) in [6.07, 6.45) is 5.12. The lowest BCUT2D eigenvalue weighted by Gasteiger charge is -2.14. The molecule has 15 heavy (non-hydrogen) atoms. The Bertz CT molecular complexity index is 209. The SMILES string of the molecule is C=CCSCCNC1CCCCNC1=O. The Balaban J connectivity index is 2.12. The topological polar surface area (TPSA) is 41.1 Å². The molecule has 4 heteroatoms. The minimum absolute atomic E-state index is 0.0248. The molecule has 0 aromatic heterocycles. The lowest BCUT2D eigenvalue weighted by atomic mass is 10.1. The van der Waals surface area contributed by atoms with Crippen LogP contribution in [0.5, 0.6) is 0 Å². The zero-order valence-corrected chi connectivity index (χ0v) is 9.94. The van der Waals surface area contributed by atoms with Gasteiger partial charge in [0.1, 0.15) is 0 Å². The molecule has 1 heterocycles. The zero-order valence-electron chi connectivity index (χ0n) is 9.13. The first-order valence-corrected chi connectivity index (χ1v) is 6.70. The van der Waals surface area contributed by atoms with Gasteiger partial charge in [0.2, 0.25) is 5.91 Å². The van der Waals surface area contributed by atoms with E-state index in [9.17, 15) is 4.79 Å². The Morgan fingerprint density at radius 1 is 1.60 bits per heavy atom. The molecule has 0 radical (unpaired) electrons. The highest BCUT2D eigenvalue weighted by Crippen LogP contribution is 2.05. The smallest absolute Gasteiger partial charge is 0.237 e. The normalized spacial score (nSPS) is 21.9. The monoisotopic (exact) mass is 228 g/mol. The van der Waals surface area contributed by atoms with Gasteiger partial charge in [0.05, 0.1) is 6.04 Å². The van der Waals surface area contributed by atoms with Gasteiger partial charge in [-0.2, -0.15) is 11.8 Å². The van der Waals surface area contributed by atoms with Gasteiger partial charge in [0.25, 0.3) is 0 Å². The third kappa shape index (κ3) is 5.23. The van der Waals surface area contributed by atoms with Crippen LogP contribution in [-0.2, 0) is 4.79 Å². The van der Waals surface area contributed by atoms with Gasteiger partial charge in [-0.25, -0.2) is 0 Å². The van der Waals surface area contributed by atoms with Gasteiger partial charge < -0.3 is 10.6 Å². The third-order valence-electron chi connectivity index (χ3n) is 2.41. The van der Waals surface area contributed by atoms with E-state index in [1.807, 2.05) is 17.8 Å². The van der Waals surface area contributed by atoms with Gasteiger partial charge >= 0.3 is 0 Å². The molecule has 1 aliphatic heterocycles. The second-order valence-electron chi connectivity index (χ2n) is 3.66. The van der Waals surface area contributed by atoms with Crippen molar-refractivity contribution in [2.24, 2.45) is 0 Å². The minimum atomic E-state index is 0.0248. The molecule has 0 saturated carbocycles. The molecule has 1 unspecified atom stereocenters. The predicted octanol–water partition coefficient (Wildman–Crippen LogP) is 1.16. The van der Waals surface area contributed by atoms with Crippen LogP contribution in [0.2, 0.25) is 0 Å². The largest absolute Gasteiger partial charge is 0.355 e. The van der Waals surface area contributed by atoms with Crippen LogP contribution < -0.4 is 10.6 Å². The molecule has 0 aliphatic carbocycles. The van der Waals surface area contributed by atoms with Gasteiger partial charge in [-0.05, 0) is 19.3 Å². The maximum atomic E-state index is 11.5. The van der Waals surface area contributed by atoms with Crippen LogP contribution in [0.1, 0.15) is 19.3 Å². The Hall–Kier alpha value is -0.480. The van der Waals surface area contributed by atoms with E-state index in [-0.39, 0.29) is 11.9 Å². The molecule has 86 valence electrons. The Morgan fingerprint density at radius 2 is 2.47 bits per heavy atom. The average Bonchev–Trinajstić information content (AvgIpc) is 2.44. The highest BCUT2D eigenvalue weighted by molar-refractivity contribution is 7.99. The molecule has 1 fully saturated rings. The number of hydrogen-bond donors (Lipinski definition) is 2. The fourth-order valence-electron chi connectivity index (χ4n) is 1.61. The van der Waals surface area contributed by atoms with Gasteiger partial charge in [0, 0.05) is 24.6 Å². The van der Waals surface area contributed by atoms with Crippen LogP contribution in [0.3, 0.4) is 0 Å². The van der Waals surface area contributed by atoms with Crippen LogP contribution in [0.15, 0.2) is 12.7 Å². The number of thioether (sulfide) groups is 1. The van der Waals surface area contributed by atoms with E-state index in [0.29, 0.717) is 0 Å². The first-order valence-electron chi connectivity index (χ1n) is 5.54. The maximum Gasteiger partial charge on any atom is 0.237 e. The van der Waals surface area contributed by atoms with Crippen molar-refractivity contribution in [1.29, 1.82) is 0 Å². The molecule has 0 spiro atoms. The van der Waals surface area contributed by atoms with Crippen molar-refractivity contribution in [1.82, 2.24) is 10.6 Å². The molecule has 0 aromatic rings. The molecular weight excluding hydrogens is 208 g/mol. The van der Waals surface area contributed by atoms with Crippen molar-refractivity contribution >= 4 is 17.7 Å². The molecule has 2 N–H and O–H groups in total. The molecule has 0 bridgehead atoms. The summed E-state index contributed by atoms with van der Waals surface area (Å²) in [5.74, 6) is 2.19. The number of amides is 1. The number of carbonyl (C=O) groups is 1. The Kier molecular flexibility index (Phi) is 6.52. The minimum Gasteiger partial charge on any atom is -0.355 e. The molecule has 1 rings (SSSR count). The first kappa shape index (κ1) is 12.6. The number of hydrogen-bond acceptors (Lipinski definition) is 3. The lowest BCUT2D eigenvalue weighted by Crippen LogP contribution is -2.43. The fraction of sp³-hybridized carbons (Fsp3) is 0.727. The fourth-order valence-corrected chi connectivity index (χ4v) is 2.20. The summed E-state index contributed by atoms with van der Waals surface area (Å²) in [7, 11) is 0. The highest BCUT2D eigenvalue weighted by Gasteiger charge is 2.18.